The van der Waals surface area contributed by atoms with Crippen LogP contribution in [0.2, 0.25) is 0 Å². The predicted molar refractivity (Wildman–Crippen MR) is 95.2 cm³/mol. The summed E-state index contributed by atoms with van der Waals surface area (Å²) in [7, 11) is 0. The number of aliphatic hydroxyl groups is 3. The molecule has 2 unspecified atom stereocenters. The first-order valence-electron chi connectivity index (χ1n) is 8.73. The smallest absolute Gasteiger partial charge is 0.256 e. The van der Waals surface area contributed by atoms with Crippen LogP contribution < -0.4 is 5.32 Å². The second kappa shape index (κ2) is 5.79. The van der Waals surface area contributed by atoms with Crippen LogP contribution in [0.5, 0.6) is 0 Å². The van der Waals surface area contributed by atoms with Crippen LogP contribution in [0.4, 0.5) is 5.82 Å². The molecule has 0 bridgehead atoms. The van der Waals surface area contributed by atoms with Crippen molar-refractivity contribution in [2.24, 2.45) is 0 Å². The summed E-state index contributed by atoms with van der Waals surface area (Å²) in [6.07, 6.45) is 0.880. The number of benzene rings is 1. The van der Waals surface area contributed by atoms with Gasteiger partial charge in [0.2, 0.25) is 0 Å². The minimum absolute atomic E-state index is 0.0816. The van der Waals surface area contributed by atoms with Gasteiger partial charge in [-0.25, -0.2) is 15.0 Å². The minimum Gasteiger partial charge on any atom is -0.394 e. The third-order valence-electron chi connectivity index (χ3n) is 5.44. The van der Waals surface area contributed by atoms with Gasteiger partial charge >= 0.3 is 0 Å². The number of carbonyl (C=O) groups is 1. The molecule has 10 nitrogen and oxygen atoms in total. The average molecular weight is 383 g/mol. The zero-order valence-corrected chi connectivity index (χ0v) is 14.6. The Bertz CT molecular complexity index is 1070. The van der Waals surface area contributed by atoms with Gasteiger partial charge in [0.25, 0.3) is 5.91 Å². The molecule has 5 rings (SSSR count). The van der Waals surface area contributed by atoms with Gasteiger partial charge in [0.15, 0.2) is 23.2 Å². The predicted octanol–water partition coefficient (Wildman–Crippen LogP) is -0.166. The molecular weight excluding hydrogens is 366 g/mol. The monoisotopic (exact) mass is 383 g/mol. The first-order valence-corrected chi connectivity index (χ1v) is 8.73. The normalized spacial score (nSPS) is 31.0. The number of amides is 1. The molecule has 0 radical (unpaired) electrons. The molecular formula is C18H17N5O5. The largest absolute Gasteiger partial charge is 0.394 e. The summed E-state index contributed by atoms with van der Waals surface area (Å²) in [5, 5.41) is 33.3. The number of aliphatic hydroxyl groups excluding tert-OH is 1. The molecule has 0 spiro atoms. The highest BCUT2D eigenvalue weighted by atomic mass is 16.6. The van der Waals surface area contributed by atoms with Crippen molar-refractivity contribution in [1.29, 1.82) is 0 Å². The molecule has 3 heterocycles. The molecule has 10 heteroatoms. The standard InChI is InChI=1S/C18H17N5O5/c24-6-11-17(26)7-18(17,27)16(28-11)23-9-21-12-13(19-8-20-14(12)23)22-15(25)10-4-2-1-3-5-10/h1-5,8-9,11,16,24,26-27H,6-7H2,(H,19,20,22,25)/t11-,16-,17?,18?/m1/s1. The maximum absolute atomic E-state index is 12.4. The summed E-state index contributed by atoms with van der Waals surface area (Å²) in [6, 6.07) is 8.68. The Morgan fingerprint density at radius 1 is 1.21 bits per heavy atom. The Balaban J connectivity index is 1.49. The van der Waals surface area contributed by atoms with Crippen molar-refractivity contribution in [1.82, 2.24) is 19.5 Å². The molecule has 4 N–H and O–H groups in total. The Hall–Kier alpha value is -2.92. The lowest BCUT2D eigenvalue weighted by Gasteiger charge is -2.20. The number of anilines is 1. The van der Waals surface area contributed by atoms with Gasteiger partial charge in [-0.3, -0.25) is 9.36 Å². The van der Waals surface area contributed by atoms with Gasteiger partial charge in [-0.15, -0.1) is 0 Å². The van der Waals surface area contributed by atoms with E-state index in [2.05, 4.69) is 20.3 Å². The van der Waals surface area contributed by atoms with Crippen LogP contribution in [0.15, 0.2) is 43.0 Å². The van der Waals surface area contributed by atoms with E-state index < -0.39 is 30.1 Å². The highest BCUT2D eigenvalue weighted by Crippen LogP contribution is 2.63. The highest BCUT2D eigenvalue weighted by molar-refractivity contribution is 6.06. The maximum Gasteiger partial charge on any atom is 0.256 e. The van der Waals surface area contributed by atoms with E-state index in [9.17, 15) is 20.1 Å². The lowest BCUT2D eigenvalue weighted by atomic mass is 10.1. The maximum atomic E-state index is 12.4. The van der Waals surface area contributed by atoms with Crippen molar-refractivity contribution in [3.05, 3.63) is 48.5 Å². The Labute approximate surface area is 158 Å². The molecule has 1 amide bonds. The summed E-state index contributed by atoms with van der Waals surface area (Å²) in [5.41, 5.74) is -1.93. The number of ether oxygens (including phenoxy) is 1. The first-order chi connectivity index (χ1) is 13.5. The quantitative estimate of drug-likeness (QED) is 0.487. The van der Waals surface area contributed by atoms with Crippen LogP contribution in [0, 0.1) is 0 Å². The Morgan fingerprint density at radius 2 is 2.00 bits per heavy atom. The zero-order chi connectivity index (χ0) is 19.5. The Morgan fingerprint density at radius 3 is 2.71 bits per heavy atom. The lowest BCUT2D eigenvalue weighted by molar-refractivity contribution is -0.0938. The molecule has 1 saturated carbocycles. The van der Waals surface area contributed by atoms with Crippen LogP contribution in [-0.4, -0.2) is 64.7 Å². The van der Waals surface area contributed by atoms with E-state index in [0.717, 1.165) is 0 Å². The summed E-state index contributed by atoms with van der Waals surface area (Å²) in [5.74, 6) is -0.129. The molecule has 3 aromatic rings. The summed E-state index contributed by atoms with van der Waals surface area (Å²) >= 11 is 0. The van der Waals surface area contributed by atoms with Gasteiger partial charge < -0.3 is 25.4 Å². The molecule has 2 fully saturated rings. The molecule has 1 aliphatic carbocycles. The van der Waals surface area contributed by atoms with E-state index in [1.54, 1.807) is 24.3 Å². The number of carbonyl (C=O) groups excluding carboxylic acids is 1. The lowest BCUT2D eigenvalue weighted by Crippen LogP contribution is -2.33. The van der Waals surface area contributed by atoms with Crippen molar-refractivity contribution in [2.75, 3.05) is 11.9 Å². The van der Waals surface area contributed by atoms with Crippen molar-refractivity contribution < 1.29 is 24.9 Å². The van der Waals surface area contributed by atoms with E-state index >= 15 is 0 Å². The molecule has 1 aromatic carbocycles. The molecule has 2 aliphatic rings. The van der Waals surface area contributed by atoms with Gasteiger partial charge in [-0.05, 0) is 12.1 Å². The van der Waals surface area contributed by atoms with Crippen LogP contribution in [0.25, 0.3) is 11.2 Å². The topological polar surface area (TPSA) is 143 Å². The second-order valence-corrected chi connectivity index (χ2v) is 7.05. The number of nitrogens with one attached hydrogen (secondary N) is 1. The summed E-state index contributed by atoms with van der Waals surface area (Å²) in [4.78, 5) is 25.0. The van der Waals surface area contributed by atoms with Crippen LogP contribution >= 0.6 is 0 Å². The Kier molecular flexibility index (Phi) is 3.55. The number of fused-ring (bicyclic) bond motifs is 2. The fourth-order valence-electron chi connectivity index (χ4n) is 3.82. The van der Waals surface area contributed by atoms with E-state index in [-0.39, 0.29) is 18.1 Å². The number of hydrogen-bond donors (Lipinski definition) is 4. The highest BCUT2D eigenvalue weighted by Gasteiger charge is 2.80. The minimum atomic E-state index is -1.54. The SMILES string of the molecule is O=C(Nc1ncnc2c1ncn2[C@@H]1O[C@H](CO)C2(O)CC12O)c1ccccc1. The number of hydrogen-bond acceptors (Lipinski definition) is 8. The van der Waals surface area contributed by atoms with E-state index in [4.69, 9.17) is 4.74 Å². The molecule has 1 aliphatic heterocycles. The molecule has 2 aromatic heterocycles. The molecule has 28 heavy (non-hydrogen) atoms. The third-order valence-corrected chi connectivity index (χ3v) is 5.44. The van der Waals surface area contributed by atoms with E-state index in [1.165, 1.54) is 17.2 Å². The van der Waals surface area contributed by atoms with Gasteiger partial charge in [-0.2, -0.15) is 0 Å². The summed E-state index contributed by atoms with van der Waals surface area (Å²) in [6.45, 7) is -0.421. The van der Waals surface area contributed by atoms with Gasteiger partial charge in [0, 0.05) is 12.0 Å². The number of aromatic nitrogens is 4. The summed E-state index contributed by atoms with van der Waals surface area (Å²) < 4.78 is 7.12. The van der Waals surface area contributed by atoms with Crippen LogP contribution in [-0.2, 0) is 4.74 Å². The van der Waals surface area contributed by atoms with Gasteiger partial charge in [-0.1, -0.05) is 18.2 Å². The molecule has 4 atom stereocenters. The van der Waals surface area contributed by atoms with Crippen molar-refractivity contribution >= 4 is 22.9 Å². The second-order valence-electron chi connectivity index (χ2n) is 7.05. The van der Waals surface area contributed by atoms with Crippen molar-refractivity contribution in [2.45, 2.75) is 30.0 Å². The van der Waals surface area contributed by atoms with E-state index in [0.29, 0.717) is 16.7 Å². The zero-order valence-electron chi connectivity index (χ0n) is 14.6. The number of rotatable bonds is 4. The van der Waals surface area contributed by atoms with Crippen molar-refractivity contribution in [3.63, 3.8) is 0 Å². The fourth-order valence-corrected chi connectivity index (χ4v) is 3.82. The first kappa shape index (κ1) is 17.2. The van der Waals surface area contributed by atoms with Crippen LogP contribution in [0.3, 0.4) is 0 Å². The third kappa shape index (κ3) is 2.23. The number of nitrogens with zero attached hydrogens (tertiary/aromatic N) is 4. The van der Waals surface area contributed by atoms with Crippen molar-refractivity contribution in [3.8, 4) is 0 Å². The number of imidazole rings is 1. The average Bonchev–Trinajstić information content (AvgIpc) is 3.00. The van der Waals surface area contributed by atoms with E-state index in [1.807, 2.05) is 6.07 Å². The van der Waals surface area contributed by atoms with Gasteiger partial charge in [0.1, 0.15) is 23.6 Å². The fraction of sp³-hybridized carbons (Fsp3) is 0.333. The van der Waals surface area contributed by atoms with Gasteiger partial charge in [0.05, 0.1) is 12.9 Å². The molecule has 144 valence electrons. The van der Waals surface area contributed by atoms with Crippen LogP contribution in [0.1, 0.15) is 23.0 Å². The molecule has 1 saturated heterocycles.